The standard InChI is InChI=1S/C30H43NO6S/c1-19-8-10-20(11-9-19)29(33)31(22-12-14-24(15-13-22)37-27-7-2-3-16-36-27)25-18-26(38-28(25)30(34)35)21-5-4-6-23(32)17-21/h17-20,22-24,27,32H,2-16H2,1H3,(H,34,35). The number of aromatic carboxylic acids is 1. The van der Waals surface area contributed by atoms with Gasteiger partial charge in [-0.1, -0.05) is 13.0 Å². The number of aliphatic hydroxyl groups is 1. The second kappa shape index (κ2) is 12.6. The van der Waals surface area contributed by atoms with Crippen LogP contribution in [0.1, 0.15) is 111 Å². The minimum atomic E-state index is -0.991. The molecule has 0 radical (unpaired) electrons. The highest BCUT2D eigenvalue weighted by atomic mass is 32.1. The Morgan fingerprint density at radius 2 is 1.76 bits per heavy atom. The van der Waals surface area contributed by atoms with Gasteiger partial charge in [-0.15, -0.1) is 11.3 Å². The maximum atomic E-state index is 14.1. The summed E-state index contributed by atoms with van der Waals surface area (Å²) in [4.78, 5) is 29.6. The summed E-state index contributed by atoms with van der Waals surface area (Å²) in [7, 11) is 0. The molecule has 2 heterocycles. The molecule has 4 aliphatic rings. The zero-order valence-corrected chi connectivity index (χ0v) is 23.4. The molecule has 38 heavy (non-hydrogen) atoms. The van der Waals surface area contributed by atoms with Crippen molar-refractivity contribution in [3.05, 3.63) is 21.9 Å². The van der Waals surface area contributed by atoms with E-state index < -0.39 is 12.1 Å². The molecule has 2 N–H and O–H groups in total. The average Bonchev–Trinajstić information content (AvgIpc) is 3.36. The van der Waals surface area contributed by atoms with Crippen molar-refractivity contribution in [1.82, 2.24) is 0 Å². The number of allylic oxidation sites excluding steroid dienone is 1. The van der Waals surface area contributed by atoms with E-state index >= 15 is 0 Å². The highest BCUT2D eigenvalue weighted by Gasteiger charge is 2.38. The second-order valence-corrected chi connectivity index (χ2v) is 12.9. The number of thiophene rings is 1. The smallest absolute Gasteiger partial charge is 0.348 e. The van der Waals surface area contributed by atoms with Crippen molar-refractivity contribution < 1.29 is 29.3 Å². The van der Waals surface area contributed by atoms with E-state index in [-0.39, 0.29) is 35.1 Å². The largest absolute Gasteiger partial charge is 0.477 e. The van der Waals surface area contributed by atoms with E-state index in [1.165, 1.54) is 11.3 Å². The first-order chi connectivity index (χ1) is 18.4. The first-order valence-electron chi connectivity index (χ1n) is 14.8. The van der Waals surface area contributed by atoms with Gasteiger partial charge in [0.05, 0.1) is 17.9 Å². The van der Waals surface area contributed by atoms with Gasteiger partial charge in [0.15, 0.2) is 6.29 Å². The van der Waals surface area contributed by atoms with Gasteiger partial charge in [0.2, 0.25) is 5.91 Å². The van der Waals surface area contributed by atoms with Crippen LogP contribution in [0.3, 0.4) is 0 Å². The van der Waals surface area contributed by atoms with E-state index in [9.17, 15) is 19.8 Å². The summed E-state index contributed by atoms with van der Waals surface area (Å²) in [5.41, 5.74) is 1.54. The van der Waals surface area contributed by atoms with Gasteiger partial charge in [-0.3, -0.25) is 4.79 Å². The van der Waals surface area contributed by atoms with Crippen LogP contribution in [0.4, 0.5) is 5.69 Å². The van der Waals surface area contributed by atoms with Crippen molar-refractivity contribution in [2.45, 2.75) is 121 Å². The highest BCUT2D eigenvalue weighted by Crippen LogP contribution is 2.42. The Bertz CT molecular complexity index is 998. The molecule has 8 heteroatoms. The Balaban J connectivity index is 1.40. The third-order valence-corrected chi connectivity index (χ3v) is 10.1. The summed E-state index contributed by atoms with van der Waals surface area (Å²) in [6.45, 7) is 3.00. The molecule has 3 aliphatic carbocycles. The Hall–Kier alpha value is -1.74. The molecular formula is C30H43NO6S. The first kappa shape index (κ1) is 27.8. The van der Waals surface area contributed by atoms with E-state index in [1.54, 1.807) is 0 Å². The number of carbonyl (C=O) groups excluding carboxylic acids is 1. The Morgan fingerprint density at radius 1 is 1.00 bits per heavy atom. The topological polar surface area (TPSA) is 96.3 Å². The van der Waals surface area contributed by atoms with Gasteiger partial charge in [0.1, 0.15) is 4.88 Å². The number of carboxylic acids is 1. The number of hydrogen-bond acceptors (Lipinski definition) is 6. The fraction of sp³-hybridized carbons (Fsp3) is 0.733. The lowest BCUT2D eigenvalue weighted by Gasteiger charge is -2.40. The third-order valence-electron chi connectivity index (χ3n) is 8.92. The van der Waals surface area contributed by atoms with E-state index in [1.807, 2.05) is 17.0 Å². The molecular weight excluding hydrogens is 502 g/mol. The number of aliphatic hydroxyl groups excluding tert-OH is 1. The SMILES string of the molecule is CC1CCC(C(=O)N(c2cc(C3=CC(O)CCC3)sc2C(=O)O)C2CCC(OC3CCCCO3)CC2)CC1. The van der Waals surface area contributed by atoms with Crippen LogP contribution in [0.15, 0.2) is 12.1 Å². The number of anilines is 1. The fourth-order valence-electron chi connectivity index (χ4n) is 6.65. The molecule has 3 fully saturated rings. The number of amides is 1. The first-order valence-corrected chi connectivity index (χ1v) is 15.6. The highest BCUT2D eigenvalue weighted by molar-refractivity contribution is 7.15. The summed E-state index contributed by atoms with van der Waals surface area (Å²) in [6.07, 6.45) is 14.0. The lowest BCUT2D eigenvalue weighted by Crippen LogP contribution is -2.47. The van der Waals surface area contributed by atoms with Gasteiger partial charge in [-0.2, -0.15) is 0 Å². The van der Waals surface area contributed by atoms with Crippen molar-refractivity contribution in [3.63, 3.8) is 0 Å². The lowest BCUT2D eigenvalue weighted by atomic mass is 9.81. The van der Waals surface area contributed by atoms with E-state index in [0.29, 0.717) is 11.6 Å². The number of carbonyl (C=O) groups is 2. The van der Waals surface area contributed by atoms with Crippen molar-refractivity contribution >= 4 is 34.5 Å². The molecule has 1 aromatic rings. The van der Waals surface area contributed by atoms with Crippen molar-refractivity contribution in [2.24, 2.45) is 11.8 Å². The van der Waals surface area contributed by atoms with Crippen LogP contribution in [0.5, 0.6) is 0 Å². The summed E-state index contributed by atoms with van der Waals surface area (Å²) in [6, 6.07) is 1.88. The Morgan fingerprint density at radius 3 is 2.42 bits per heavy atom. The summed E-state index contributed by atoms with van der Waals surface area (Å²) in [5, 5.41) is 20.4. The van der Waals surface area contributed by atoms with Crippen molar-refractivity contribution in [1.29, 1.82) is 0 Å². The van der Waals surface area contributed by atoms with Crippen LogP contribution in [-0.4, -0.2) is 53.2 Å². The molecule has 7 nitrogen and oxygen atoms in total. The monoisotopic (exact) mass is 545 g/mol. The number of rotatable bonds is 7. The molecule has 210 valence electrons. The van der Waals surface area contributed by atoms with Crippen LogP contribution in [0.2, 0.25) is 0 Å². The molecule has 5 rings (SSSR count). The maximum absolute atomic E-state index is 14.1. The van der Waals surface area contributed by atoms with E-state index in [0.717, 1.165) is 107 Å². The molecule has 1 aliphatic heterocycles. The maximum Gasteiger partial charge on any atom is 0.348 e. The van der Waals surface area contributed by atoms with Crippen LogP contribution >= 0.6 is 11.3 Å². The summed E-state index contributed by atoms with van der Waals surface area (Å²) < 4.78 is 12.0. The second-order valence-electron chi connectivity index (χ2n) is 11.8. The Labute approximate surface area is 230 Å². The zero-order valence-electron chi connectivity index (χ0n) is 22.6. The average molecular weight is 546 g/mol. The number of hydrogen-bond donors (Lipinski definition) is 2. The van der Waals surface area contributed by atoms with Crippen LogP contribution < -0.4 is 4.90 Å². The van der Waals surface area contributed by atoms with Gasteiger partial charge < -0.3 is 24.6 Å². The molecule has 1 amide bonds. The summed E-state index contributed by atoms with van der Waals surface area (Å²) >= 11 is 1.24. The molecule has 2 saturated carbocycles. The van der Waals surface area contributed by atoms with Crippen LogP contribution in [0.25, 0.3) is 5.57 Å². The van der Waals surface area contributed by atoms with Gasteiger partial charge in [0.25, 0.3) is 0 Å². The molecule has 2 atom stereocenters. The van der Waals surface area contributed by atoms with E-state index in [4.69, 9.17) is 9.47 Å². The number of carboxylic acid groups (broad SMARTS) is 1. The minimum absolute atomic E-state index is 0.0413. The summed E-state index contributed by atoms with van der Waals surface area (Å²) in [5.74, 6) is -0.332. The number of ether oxygens (including phenoxy) is 2. The normalized spacial score (nSPS) is 32.4. The van der Waals surface area contributed by atoms with Gasteiger partial charge in [-0.25, -0.2) is 4.79 Å². The lowest BCUT2D eigenvalue weighted by molar-refractivity contribution is -0.193. The molecule has 1 aromatic heterocycles. The fourth-order valence-corrected chi connectivity index (χ4v) is 7.69. The van der Waals surface area contributed by atoms with Crippen LogP contribution in [-0.2, 0) is 14.3 Å². The molecule has 0 aromatic carbocycles. The van der Waals surface area contributed by atoms with Gasteiger partial charge in [-0.05, 0) is 107 Å². The zero-order chi connectivity index (χ0) is 26.6. The quantitative estimate of drug-likeness (QED) is 0.412. The predicted octanol–water partition coefficient (Wildman–Crippen LogP) is 6.39. The van der Waals surface area contributed by atoms with Crippen molar-refractivity contribution in [2.75, 3.05) is 11.5 Å². The molecule has 0 spiro atoms. The third kappa shape index (κ3) is 6.52. The van der Waals surface area contributed by atoms with Gasteiger partial charge >= 0.3 is 5.97 Å². The van der Waals surface area contributed by atoms with E-state index in [2.05, 4.69) is 6.92 Å². The minimum Gasteiger partial charge on any atom is -0.477 e. The molecule has 0 bridgehead atoms. The predicted molar refractivity (Wildman–Crippen MR) is 148 cm³/mol. The molecule has 1 saturated heterocycles. The number of nitrogens with zero attached hydrogens (tertiary/aromatic N) is 1. The van der Waals surface area contributed by atoms with Crippen LogP contribution in [0, 0.1) is 11.8 Å². The Kier molecular flexibility index (Phi) is 9.24. The van der Waals surface area contributed by atoms with Crippen molar-refractivity contribution in [3.8, 4) is 0 Å². The van der Waals surface area contributed by atoms with Gasteiger partial charge in [0, 0.05) is 23.4 Å². The molecule has 2 unspecified atom stereocenters.